The van der Waals surface area contributed by atoms with Crippen molar-refractivity contribution in [3.8, 4) is 0 Å². The Kier molecular flexibility index (Phi) is 2.31. The van der Waals surface area contributed by atoms with Crippen molar-refractivity contribution in [1.29, 1.82) is 0 Å². The molecular weight excluding hydrogens is 204 g/mol. The number of rotatable bonds is 1. The standard InChI is InChI=1S/C5H9BrO4/c6-4-3(8)5(9,1-7)2-10-4/h3-4,7-9H,1-2H2/t3-,4?,5?/m0/s1. The summed E-state index contributed by atoms with van der Waals surface area (Å²) in [4.78, 5) is 0. The van der Waals surface area contributed by atoms with Gasteiger partial charge in [-0.05, 0) is 0 Å². The summed E-state index contributed by atoms with van der Waals surface area (Å²) >= 11 is 2.98. The second-order valence-electron chi connectivity index (χ2n) is 2.37. The van der Waals surface area contributed by atoms with Gasteiger partial charge in [0.15, 0.2) is 0 Å². The van der Waals surface area contributed by atoms with Crippen LogP contribution in [0.4, 0.5) is 0 Å². The largest absolute Gasteiger partial charge is 0.393 e. The molecule has 0 aromatic heterocycles. The molecule has 0 aliphatic carbocycles. The topological polar surface area (TPSA) is 69.9 Å². The Morgan fingerprint density at radius 1 is 1.70 bits per heavy atom. The van der Waals surface area contributed by atoms with Gasteiger partial charge in [-0.15, -0.1) is 0 Å². The second-order valence-corrected chi connectivity index (χ2v) is 3.27. The van der Waals surface area contributed by atoms with Crippen molar-refractivity contribution >= 4 is 15.9 Å². The first-order valence-corrected chi connectivity index (χ1v) is 3.79. The van der Waals surface area contributed by atoms with Crippen molar-refractivity contribution in [3.63, 3.8) is 0 Å². The maximum absolute atomic E-state index is 9.28. The molecule has 0 amide bonds. The average molecular weight is 213 g/mol. The van der Waals surface area contributed by atoms with Crippen LogP contribution in [0, 0.1) is 0 Å². The van der Waals surface area contributed by atoms with Crippen LogP contribution < -0.4 is 0 Å². The summed E-state index contributed by atoms with van der Waals surface area (Å²) < 4.78 is 4.83. The van der Waals surface area contributed by atoms with Crippen LogP contribution in [0.15, 0.2) is 0 Å². The Hall–Kier alpha value is 0.320. The van der Waals surface area contributed by atoms with Crippen LogP contribution >= 0.6 is 15.9 Å². The quantitative estimate of drug-likeness (QED) is 0.479. The molecule has 0 radical (unpaired) electrons. The fourth-order valence-electron chi connectivity index (χ4n) is 0.784. The molecule has 4 nitrogen and oxygen atoms in total. The summed E-state index contributed by atoms with van der Waals surface area (Å²) in [5, 5.41) is 26.4. The van der Waals surface area contributed by atoms with Crippen LogP contribution in [0.25, 0.3) is 0 Å². The van der Waals surface area contributed by atoms with Crippen LogP contribution in [-0.2, 0) is 4.74 Å². The molecule has 1 saturated heterocycles. The van der Waals surface area contributed by atoms with Crippen molar-refractivity contribution in [2.75, 3.05) is 13.2 Å². The molecule has 1 rings (SSSR count). The average Bonchev–Trinajstić information content (AvgIpc) is 2.19. The van der Waals surface area contributed by atoms with Gasteiger partial charge in [0.25, 0.3) is 0 Å². The van der Waals surface area contributed by atoms with Crippen molar-refractivity contribution in [1.82, 2.24) is 0 Å². The lowest BCUT2D eigenvalue weighted by molar-refractivity contribution is -0.0778. The number of ether oxygens (including phenoxy) is 1. The summed E-state index contributed by atoms with van der Waals surface area (Å²) in [5.74, 6) is 0. The molecule has 1 heterocycles. The summed E-state index contributed by atoms with van der Waals surface area (Å²) in [6.07, 6.45) is -1.06. The number of aliphatic hydroxyl groups excluding tert-OH is 2. The van der Waals surface area contributed by atoms with Crippen molar-refractivity contribution in [2.24, 2.45) is 0 Å². The van der Waals surface area contributed by atoms with Crippen molar-refractivity contribution in [3.05, 3.63) is 0 Å². The minimum atomic E-state index is -1.49. The van der Waals surface area contributed by atoms with Crippen LogP contribution in [0.3, 0.4) is 0 Å². The maximum Gasteiger partial charge on any atom is 0.141 e. The van der Waals surface area contributed by atoms with Gasteiger partial charge >= 0.3 is 0 Å². The highest BCUT2D eigenvalue weighted by molar-refractivity contribution is 9.09. The zero-order valence-electron chi connectivity index (χ0n) is 5.20. The van der Waals surface area contributed by atoms with Crippen molar-refractivity contribution in [2.45, 2.75) is 16.7 Å². The predicted molar refractivity (Wildman–Crippen MR) is 36.7 cm³/mol. The molecule has 10 heavy (non-hydrogen) atoms. The zero-order valence-corrected chi connectivity index (χ0v) is 6.78. The number of aliphatic hydroxyl groups is 3. The molecule has 3 atom stereocenters. The summed E-state index contributed by atoms with van der Waals surface area (Å²) in [6, 6.07) is 0. The van der Waals surface area contributed by atoms with E-state index in [-0.39, 0.29) is 6.61 Å². The molecule has 1 aliphatic heterocycles. The van der Waals surface area contributed by atoms with Crippen LogP contribution in [-0.4, -0.2) is 45.3 Å². The Labute approximate surface area is 66.6 Å². The third-order valence-electron chi connectivity index (χ3n) is 1.57. The number of halogens is 1. The maximum atomic E-state index is 9.28. The highest BCUT2D eigenvalue weighted by Crippen LogP contribution is 2.27. The van der Waals surface area contributed by atoms with E-state index in [0.717, 1.165) is 0 Å². The first kappa shape index (κ1) is 8.42. The van der Waals surface area contributed by atoms with E-state index in [0.29, 0.717) is 0 Å². The second kappa shape index (κ2) is 2.75. The van der Waals surface area contributed by atoms with Gasteiger partial charge in [-0.2, -0.15) is 0 Å². The van der Waals surface area contributed by atoms with Gasteiger partial charge in [0.1, 0.15) is 16.7 Å². The number of alkyl halides is 1. The molecular formula is C5H9BrO4. The molecule has 0 aromatic rings. The minimum absolute atomic E-state index is 0.0411. The predicted octanol–water partition coefficient (Wildman–Crippen LogP) is -1.18. The molecule has 0 bridgehead atoms. The first-order chi connectivity index (χ1) is 4.60. The first-order valence-electron chi connectivity index (χ1n) is 2.87. The molecule has 1 aliphatic rings. The summed E-state index contributed by atoms with van der Waals surface area (Å²) in [7, 11) is 0. The smallest absolute Gasteiger partial charge is 0.141 e. The molecule has 0 aromatic carbocycles. The highest BCUT2D eigenvalue weighted by atomic mass is 79.9. The molecule has 5 heteroatoms. The van der Waals surface area contributed by atoms with E-state index < -0.39 is 23.3 Å². The van der Waals surface area contributed by atoms with E-state index in [1.165, 1.54) is 0 Å². The fraction of sp³-hybridized carbons (Fsp3) is 1.00. The van der Waals surface area contributed by atoms with Gasteiger partial charge in [0.05, 0.1) is 13.2 Å². The van der Waals surface area contributed by atoms with Gasteiger partial charge < -0.3 is 20.1 Å². The van der Waals surface area contributed by atoms with Crippen LogP contribution in [0.1, 0.15) is 0 Å². The molecule has 1 fully saturated rings. The lowest BCUT2D eigenvalue weighted by Gasteiger charge is -2.21. The summed E-state index contributed by atoms with van der Waals surface area (Å²) in [5.41, 5.74) is -1.49. The van der Waals surface area contributed by atoms with Gasteiger partial charge in [-0.1, -0.05) is 15.9 Å². The third-order valence-corrected chi connectivity index (χ3v) is 2.33. The molecule has 2 unspecified atom stereocenters. The Morgan fingerprint density at radius 2 is 2.30 bits per heavy atom. The Balaban J connectivity index is 2.64. The molecule has 3 N–H and O–H groups in total. The molecule has 0 spiro atoms. The van der Waals surface area contributed by atoms with E-state index in [1.54, 1.807) is 0 Å². The Morgan fingerprint density at radius 3 is 2.50 bits per heavy atom. The minimum Gasteiger partial charge on any atom is -0.393 e. The van der Waals surface area contributed by atoms with Gasteiger partial charge in [0.2, 0.25) is 0 Å². The lowest BCUT2D eigenvalue weighted by Crippen LogP contribution is -2.45. The van der Waals surface area contributed by atoms with Crippen LogP contribution in [0.2, 0.25) is 0 Å². The zero-order chi connectivity index (χ0) is 7.78. The highest BCUT2D eigenvalue weighted by Gasteiger charge is 2.46. The number of hydrogen-bond donors (Lipinski definition) is 3. The Bertz CT molecular complexity index is 131. The molecule has 60 valence electrons. The molecule has 0 saturated carbocycles. The van der Waals surface area contributed by atoms with E-state index >= 15 is 0 Å². The van der Waals surface area contributed by atoms with E-state index in [9.17, 15) is 5.11 Å². The van der Waals surface area contributed by atoms with E-state index in [2.05, 4.69) is 15.9 Å². The SMILES string of the molecule is OCC1(O)COC(Br)[C@@H]1O. The van der Waals surface area contributed by atoms with Gasteiger partial charge in [-0.3, -0.25) is 0 Å². The third kappa shape index (κ3) is 1.19. The lowest BCUT2D eigenvalue weighted by atomic mass is 10.0. The van der Waals surface area contributed by atoms with E-state index in [1.807, 2.05) is 0 Å². The normalized spacial score (nSPS) is 48.0. The van der Waals surface area contributed by atoms with Crippen molar-refractivity contribution < 1.29 is 20.1 Å². The van der Waals surface area contributed by atoms with Gasteiger partial charge in [-0.25, -0.2) is 0 Å². The van der Waals surface area contributed by atoms with Gasteiger partial charge in [0, 0.05) is 0 Å². The van der Waals surface area contributed by atoms with Crippen LogP contribution in [0.5, 0.6) is 0 Å². The number of hydrogen-bond acceptors (Lipinski definition) is 4. The monoisotopic (exact) mass is 212 g/mol. The summed E-state index contributed by atoms with van der Waals surface area (Å²) in [6.45, 7) is -0.531. The fourth-order valence-corrected chi connectivity index (χ4v) is 1.41. The van der Waals surface area contributed by atoms with E-state index in [4.69, 9.17) is 14.9 Å².